The lowest BCUT2D eigenvalue weighted by atomic mass is 9.98. The van der Waals surface area contributed by atoms with Crippen LogP contribution in [-0.2, 0) is 10.0 Å². The Hall–Kier alpha value is -2.64. The average molecular weight is 343 g/mol. The normalized spacial score (nSPS) is 11.5. The molecule has 0 aliphatic rings. The molecule has 24 heavy (non-hydrogen) atoms. The second kappa shape index (κ2) is 6.10. The van der Waals surface area contributed by atoms with Crippen LogP contribution in [0.2, 0.25) is 0 Å². The first-order valence-corrected chi connectivity index (χ1v) is 8.76. The summed E-state index contributed by atoms with van der Waals surface area (Å²) >= 11 is 0. The third-order valence-corrected chi connectivity index (χ3v) is 4.69. The predicted octanol–water partition coefficient (Wildman–Crippen LogP) is 2.71. The first-order valence-electron chi connectivity index (χ1n) is 7.22. The number of sulfonamides is 1. The van der Waals surface area contributed by atoms with Crippen LogP contribution < -0.4 is 9.88 Å². The summed E-state index contributed by atoms with van der Waals surface area (Å²) in [6.07, 6.45) is 3.45. The summed E-state index contributed by atoms with van der Waals surface area (Å²) in [6.45, 7) is 1.84. The van der Waals surface area contributed by atoms with Crippen molar-refractivity contribution in [2.45, 2.75) is 11.8 Å². The molecule has 3 rings (SSSR count). The lowest BCUT2D eigenvalue weighted by molar-refractivity contribution is 0.403. The number of aromatic amines is 1. The monoisotopic (exact) mass is 343 g/mol. The number of ether oxygens (including phenoxy) is 1. The molecule has 0 saturated carbocycles. The minimum atomic E-state index is -3.85. The first-order chi connectivity index (χ1) is 11.4. The maximum absolute atomic E-state index is 11.7. The molecule has 0 atom stereocenters. The van der Waals surface area contributed by atoms with Crippen molar-refractivity contribution >= 4 is 10.0 Å². The van der Waals surface area contributed by atoms with E-state index in [-0.39, 0.29) is 10.6 Å². The maximum atomic E-state index is 11.7. The predicted molar refractivity (Wildman–Crippen MR) is 92.1 cm³/mol. The zero-order chi connectivity index (χ0) is 17.3. The molecule has 6 nitrogen and oxygen atoms in total. The number of aromatic nitrogens is 2. The van der Waals surface area contributed by atoms with E-state index in [1.165, 1.54) is 13.2 Å². The largest absolute Gasteiger partial charge is 0.495 e. The number of benzene rings is 2. The molecule has 2 aromatic carbocycles. The molecule has 0 radical (unpaired) electrons. The molecule has 0 aliphatic carbocycles. The zero-order valence-corrected chi connectivity index (χ0v) is 14.1. The number of hydrogen-bond acceptors (Lipinski definition) is 4. The molecule has 0 saturated heterocycles. The van der Waals surface area contributed by atoms with E-state index >= 15 is 0 Å². The van der Waals surface area contributed by atoms with Crippen LogP contribution in [0.15, 0.2) is 53.7 Å². The van der Waals surface area contributed by atoms with Gasteiger partial charge < -0.3 is 9.72 Å². The van der Waals surface area contributed by atoms with E-state index in [9.17, 15) is 8.42 Å². The summed E-state index contributed by atoms with van der Waals surface area (Å²) in [5.74, 6) is 0.990. The van der Waals surface area contributed by atoms with Gasteiger partial charge in [0.25, 0.3) is 0 Å². The molecule has 0 bridgehead atoms. The average Bonchev–Trinajstić information content (AvgIpc) is 3.08. The van der Waals surface area contributed by atoms with Crippen molar-refractivity contribution < 1.29 is 13.2 Å². The molecule has 0 aliphatic heterocycles. The molecule has 7 heteroatoms. The van der Waals surface area contributed by atoms with Gasteiger partial charge in [-0.15, -0.1) is 0 Å². The smallest absolute Gasteiger partial charge is 0.241 e. The van der Waals surface area contributed by atoms with E-state index < -0.39 is 10.0 Å². The Morgan fingerprint density at radius 1 is 1.17 bits per heavy atom. The van der Waals surface area contributed by atoms with Gasteiger partial charge in [0.05, 0.1) is 7.11 Å². The van der Waals surface area contributed by atoms with Crippen LogP contribution >= 0.6 is 0 Å². The minimum Gasteiger partial charge on any atom is -0.495 e. The van der Waals surface area contributed by atoms with Gasteiger partial charge in [0.1, 0.15) is 16.5 Å². The number of H-pyrrole nitrogens is 1. The summed E-state index contributed by atoms with van der Waals surface area (Å²) in [5, 5.41) is 5.26. The summed E-state index contributed by atoms with van der Waals surface area (Å²) in [6, 6.07) is 11.0. The van der Waals surface area contributed by atoms with Crippen molar-refractivity contribution in [2.24, 2.45) is 5.14 Å². The van der Waals surface area contributed by atoms with Crippen LogP contribution in [0.3, 0.4) is 0 Å². The Morgan fingerprint density at radius 3 is 2.54 bits per heavy atom. The molecule has 0 amide bonds. The van der Waals surface area contributed by atoms with Crippen LogP contribution in [0.5, 0.6) is 5.75 Å². The Balaban J connectivity index is 2.15. The number of rotatable bonds is 4. The highest BCUT2D eigenvalue weighted by Crippen LogP contribution is 2.34. The summed E-state index contributed by atoms with van der Waals surface area (Å²) in [4.78, 5) is 7.29. The molecular weight excluding hydrogens is 326 g/mol. The van der Waals surface area contributed by atoms with Gasteiger partial charge in [0.2, 0.25) is 10.0 Å². The Bertz CT molecular complexity index is 980. The molecular formula is C17H17N3O3S. The highest BCUT2D eigenvalue weighted by Gasteiger charge is 2.18. The van der Waals surface area contributed by atoms with E-state index in [1.807, 2.05) is 31.2 Å². The van der Waals surface area contributed by atoms with Crippen LogP contribution in [0.4, 0.5) is 0 Å². The zero-order valence-electron chi connectivity index (χ0n) is 13.3. The van der Waals surface area contributed by atoms with E-state index in [4.69, 9.17) is 9.88 Å². The molecule has 3 N–H and O–H groups in total. The first kappa shape index (κ1) is 16.2. The fraction of sp³-hybridized carbons (Fsp3) is 0.118. The van der Waals surface area contributed by atoms with Gasteiger partial charge in [-0.05, 0) is 41.8 Å². The van der Waals surface area contributed by atoms with Crippen molar-refractivity contribution in [3.05, 3.63) is 54.4 Å². The van der Waals surface area contributed by atoms with Gasteiger partial charge in [0, 0.05) is 18.0 Å². The molecule has 1 aromatic heterocycles. The third-order valence-electron chi connectivity index (χ3n) is 3.76. The molecule has 0 unspecified atom stereocenters. The number of nitrogens with two attached hydrogens (primary N) is 1. The van der Waals surface area contributed by atoms with Gasteiger partial charge >= 0.3 is 0 Å². The van der Waals surface area contributed by atoms with E-state index in [2.05, 4.69) is 9.97 Å². The van der Waals surface area contributed by atoms with Gasteiger partial charge in [0.15, 0.2) is 0 Å². The Labute approximate surface area is 140 Å². The van der Waals surface area contributed by atoms with Crippen LogP contribution in [0.1, 0.15) is 5.56 Å². The molecule has 0 fully saturated rings. The molecule has 3 aromatic rings. The fourth-order valence-electron chi connectivity index (χ4n) is 2.61. The maximum Gasteiger partial charge on any atom is 0.241 e. The van der Waals surface area contributed by atoms with Gasteiger partial charge in [-0.1, -0.05) is 18.2 Å². The Kier molecular flexibility index (Phi) is 4.13. The lowest BCUT2D eigenvalue weighted by Crippen LogP contribution is -2.14. The van der Waals surface area contributed by atoms with Crippen molar-refractivity contribution in [1.82, 2.24) is 9.97 Å². The van der Waals surface area contributed by atoms with Gasteiger partial charge in [-0.3, -0.25) is 0 Å². The number of imidazole rings is 1. The number of hydrogen-bond donors (Lipinski definition) is 2. The second-order valence-electron chi connectivity index (χ2n) is 5.38. The number of nitrogens with zero attached hydrogens (tertiary/aromatic N) is 1. The lowest BCUT2D eigenvalue weighted by Gasteiger charge is -2.13. The van der Waals surface area contributed by atoms with Gasteiger partial charge in [-0.2, -0.15) is 0 Å². The standard InChI is InChI=1S/C17H17N3O3S/c1-11-8-16(24(18,21)22)15(23-2)10-14(11)12-4-3-5-13(9-12)17-19-6-7-20-17/h3-10H,1-2H3,(H,19,20)(H2,18,21,22). The summed E-state index contributed by atoms with van der Waals surface area (Å²) < 4.78 is 28.6. The number of methoxy groups -OCH3 is 1. The highest BCUT2D eigenvalue weighted by atomic mass is 32.2. The molecule has 1 heterocycles. The van der Waals surface area contributed by atoms with E-state index in [0.29, 0.717) is 0 Å². The van der Waals surface area contributed by atoms with Crippen LogP contribution in [0.25, 0.3) is 22.5 Å². The third kappa shape index (κ3) is 3.04. The molecule has 0 spiro atoms. The van der Waals surface area contributed by atoms with Crippen molar-refractivity contribution in [2.75, 3.05) is 7.11 Å². The minimum absolute atomic E-state index is 0.0200. The number of primary sulfonamides is 1. The van der Waals surface area contributed by atoms with Gasteiger partial charge in [-0.25, -0.2) is 18.5 Å². The molecule has 124 valence electrons. The summed E-state index contributed by atoms with van der Waals surface area (Å²) in [7, 11) is -2.43. The van der Waals surface area contributed by atoms with Crippen molar-refractivity contribution in [3.63, 3.8) is 0 Å². The second-order valence-corrected chi connectivity index (χ2v) is 6.91. The highest BCUT2D eigenvalue weighted by molar-refractivity contribution is 7.89. The van der Waals surface area contributed by atoms with Crippen LogP contribution in [-0.4, -0.2) is 25.5 Å². The quantitative estimate of drug-likeness (QED) is 0.761. The number of aryl methyl sites for hydroxylation is 1. The fourth-order valence-corrected chi connectivity index (χ4v) is 3.38. The van der Waals surface area contributed by atoms with Crippen molar-refractivity contribution in [3.8, 4) is 28.3 Å². The Morgan fingerprint density at radius 2 is 1.92 bits per heavy atom. The SMILES string of the molecule is COc1cc(-c2cccc(-c3ncc[nH]3)c2)c(C)cc1S(N)(=O)=O. The van der Waals surface area contributed by atoms with E-state index in [1.54, 1.807) is 18.5 Å². The van der Waals surface area contributed by atoms with Crippen molar-refractivity contribution in [1.29, 1.82) is 0 Å². The van der Waals surface area contributed by atoms with Crippen LogP contribution in [0, 0.1) is 6.92 Å². The topological polar surface area (TPSA) is 98.1 Å². The summed E-state index contributed by atoms with van der Waals surface area (Å²) in [5.41, 5.74) is 3.52. The number of nitrogens with one attached hydrogen (secondary N) is 1. The van der Waals surface area contributed by atoms with E-state index in [0.717, 1.165) is 28.1 Å².